The summed E-state index contributed by atoms with van der Waals surface area (Å²) in [6, 6.07) is 2.82. The number of benzene rings is 1. The minimum atomic E-state index is -5.00. The van der Waals surface area contributed by atoms with Gasteiger partial charge in [-0.25, -0.2) is 12.8 Å². The van der Waals surface area contributed by atoms with Crippen molar-refractivity contribution in [2.75, 3.05) is 6.26 Å². The molecule has 0 spiro atoms. The number of aliphatic hydroxyl groups is 1. The zero-order valence-corrected chi connectivity index (χ0v) is 14.2. The van der Waals surface area contributed by atoms with Gasteiger partial charge >= 0.3 is 6.18 Å². The van der Waals surface area contributed by atoms with E-state index in [1.165, 1.54) is 13.8 Å². The Bertz CT molecular complexity index is 761. The van der Waals surface area contributed by atoms with Gasteiger partial charge in [-0.2, -0.15) is 13.2 Å². The molecule has 0 radical (unpaired) electrons. The van der Waals surface area contributed by atoms with Crippen LogP contribution in [-0.2, 0) is 15.3 Å². The summed E-state index contributed by atoms with van der Waals surface area (Å²) in [7, 11) is -3.89. The van der Waals surface area contributed by atoms with Crippen LogP contribution in [0.4, 0.5) is 17.6 Å². The molecular formula is C16H18F4O3S. The predicted molar refractivity (Wildman–Crippen MR) is 81.6 cm³/mol. The number of halogens is 4. The molecule has 3 nitrogen and oxygen atoms in total. The van der Waals surface area contributed by atoms with Crippen LogP contribution < -0.4 is 0 Å². The smallest absolute Gasteiger partial charge is 0.380 e. The minimum Gasteiger partial charge on any atom is -0.380 e. The number of rotatable bonds is 5. The first-order valence-corrected chi connectivity index (χ1v) is 8.76. The first-order chi connectivity index (χ1) is 10.6. The highest BCUT2D eigenvalue weighted by molar-refractivity contribution is 7.90. The summed E-state index contributed by atoms with van der Waals surface area (Å²) in [5.41, 5.74) is -4.65. The molecule has 24 heavy (non-hydrogen) atoms. The zero-order chi connectivity index (χ0) is 19.0. The number of hydrogen-bond donors (Lipinski definition) is 1. The molecule has 1 unspecified atom stereocenters. The van der Waals surface area contributed by atoms with Gasteiger partial charge in [0.15, 0.2) is 15.4 Å². The van der Waals surface area contributed by atoms with Gasteiger partial charge in [-0.1, -0.05) is 19.9 Å². The lowest BCUT2D eigenvalue weighted by molar-refractivity contribution is -0.264. The van der Waals surface area contributed by atoms with Crippen LogP contribution in [0.2, 0.25) is 0 Å². The quantitative estimate of drug-likeness (QED) is 0.643. The van der Waals surface area contributed by atoms with Crippen molar-refractivity contribution in [1.29, 1.82) is 0 Å². The highest BCUT2D eigenvalue weighted by atomic mass is 32.2. The van der Waals surface area contributed by atoms with Crippen molar-refractivity contribution in [3.05, 3.63) is 29.6 Å². The highest BCUT2D eigenvalue weighted by Crippen LogP contribution is 2.44. The number of sulfone groups is 1. The van der Waals surface area contributed by atoms with E-state index in [0.717, 1.165) is 24.5 Å². The predicted octanol–water partition coefficient (Wildman–Crippen LogP) is 3.21. The summed E-state index contributed by atoms with van der Waals surface area (Å²) in [5.74, 6) is 0.966. The summed E-state index contributed by atoms with van der Waals surface area (Å²) in [6.45, 7) is 2.67. The summed E-state index contributed by atoms with van der Waals surface area (Å²) in [6.07, 6.45) is -1.08. The molecule has 1 N–H and O–H groups in total. The van der Waals surface area contributed by atoms with E-state index in [-0.39, 0.29) is 5.56 Å². The topological polar surface area (TPSA) is 54.4 Å². The van der Waals surface area contributed by atoms with Crippen molar-refractivity contribution in [2.45, 2.75) is 48.8 Å². The van der Waals surface area contributed by atoms with Crippen molar-refractivity contribution in [1.82, 2.24) is 0 Å². The second-order valence-corrected chi connectivity index (χ2v) is 8.37. The highest BCUT2D eigenvalue weighted by Gasteiger charge is 2.55. The molecule has 0 fully saturated rings. The molecule has 1 aromatic rings. The van der Waals surface area contributed by atoms with Gasteiger partial charge in [-0.3, -0.25) is 0 Å². The molecule has 134 valence electrons. The van der Waals surface area contributed by atoms with Gasteiger partial charge < -0.3 is 5.11 Å². The van der Waals surface area contributed by atoms with Gasteiger partial charge in [0.1, 0.15) is 5.82 Å². The Morgan fingerprint density at radius 2 is 1.79 bits per heavy atom. The molecular weight excluding hydrogens is 348 g/mol. The molecule has 0 aliphatic rings. The van der Waals surface area contributed by atoms with Crippen LogP contribution in [0, 0.1) is 18.2 Å². The van der Waals surface area contributed by atoms with Gasteiger partial charge in [0.25, 0.3) is 0 Å². The zero-order valence-electron chi connectivity index (χ0n) is 13.4. The molecule has 0 saturated carbocycles. The number of alkyl halides is 3. The molecule has 1 rings (SSSR count). The maximum absolute atomic E-state index is 13.4. The van der Waals surface area contributed by atoms with Crippen LogP contribution in [0.5, 0.6) is 0 Å². The fourth-order valence-electron chi connectivity index (χ4n) is 2.62. The van der Waals surface area contributed by atoms with E-state index in [1.54, 1.807) is 5.92 Å². The van der Waals surface area contributed by atoms with Gasteiger partial charge in [-0.05, 0) is 29.5 Å². The van der Waals surface area contributed by atoms with E-state index in [0.29, 0.717) is 0 Å². The lowest BCUT2D eigenvalue weighted by Crippen LogP contribution is -2.49. The average Bonchev–Trinajstić information content (AvgIpc) is 2.35. The van der Waals surface area contributed by atoms with Crippen molar-refractivity contribution in [2.24, 2.45) is 0 Å². The van der Waals surface area contributed by atoms with E-state index in [4.69, 9.17) is 6.42 Å². The molecule has 0 amide bonds. The van der Waals surface area contributed by atoms with Crippen molar-refractivity contribution < 1.29 is 31.1 Å². The van der Waals surface area contributed by atoms with Crippen molar-refractivity contribution >= 4 is 9.84 Å². The van der Waals surface area contributed by atoms with Crippen molar-refractivity contribution in [3.8, 4) is 12.3 Å². The molecule has 1 atom stereocenters. The first-order valence-electron chi connectivity index (χ1n) is 6.87. The normalized spacial score (nSPS) is 15.6. The Balaban J connectivity index is 3.49. The van der Waals surface area contributed by atoms with E-state index >= 15 is 0 Å². The van der Waals surface area contributed by atoms with Gasteiger partial charge in [0.05, 0.1) is 4.90 Å². The molecule has 1 aromatic carbocycles. The summed E-state index contributed by atoms with van der Waals surface area (Å²) in [4.78, 5) is -0.419. The molecule has 0 aliphatic heterocycles. The molecule has 0 saturated heterocycles. The Morgan fingerprint density at radius 1 is 1.25 bits per heavy atom. The third-order valence-electron chi connectivity index (χ3n) is 3.73. The average molecular weight is 366 g/mol. The van der Waals surface area contributed by atoms with E-state index in [9.17, 15) is 31.1 Å². The monoisotopic (exact) mass is 366 g/mol. The fourth-order valence-corrected chi connectivity index (χ4v) is 3.69. The van der Waals surface area contributed by atoms with Crippen LogP contribution in [0.1, 0.15) is 32.3 Å². The Hall–Kier alpha value is -1.59. The molecule has 0 bridgehead atoms. The third-order valence-corrected chi connectivity index (χ3v) is 4.87. The summed E-state index contributed by atoms with van der Waals surface area (Å²) < 4.78 is 76.7. The lowest BCUT2D eigenvalue weighted by Gasteiger charge is -2.37. The van der Waals surface area contributed by atoms with Gasteiger partial charge in [0.2, 0.25) is 0 Å². The first kappa shape index (κ1) is 20.5. The van der Waals surface area contributed by atoms with Crippen LogP contribution in [0.3, 0.4) is 0 Å². The Kier molecular flexibility index (Phi) is 5.43. The largest absolute Gasteiger partial charge is 0.418 e. The lowest BCUT2D eigenvalue weighted by atomic mass is 9.74. The van der Waals surface area contributed by atoms with Crippen LogP contribution in [0.25, 0.3) is 0 Å². The van der Waals surface area contributed by atoms with Crippen LogP contribution in [0.15, 0.2) is 23.1 Å². The Labute approximate surface area is 138 Å². The maximum Gasteiger partial charge on any atom is 0.418 e. The summed E-state index contributed by atoms with van der Waals surface area (Å²) >= 11 is 0. The fraction of sp³-hybridized carbons (Fsp3) is 0.500. The number of hydrogen-bond acceptors (Lipinski definition) is 3. The van der Waals surface area contributed by atoms with Crippen LogP contribution in [-0.4, -0.2) is 31.6 Å². The van der Waals surface area contributed by atoms with Crippen LogP contribution >= 0.6 is 0 Å². The molecule has 0 heterocycles. The second kappa shape index (κ2) is 6.37. The van der Waals surface area contributed by atoms with Gasteiger partial charge in [-0.15, -0.1) is 12.3 Å². The Morgan fingerprint density at radius 3 is 2.21 bits per heavy atom. The second-order valence-electron chi connectivity index (χ2n) is 6.38. The minimum absolute atomic E-state index is 0.0221. The van der Waals surface area contributed by atoms with E-state index in [1.807, 2.05) is 0 Å². The SMILES string of the molecule is C#CCC(O)(CC(C)(C)c1ccc(F)cc1S(C)(=O)=O)C(F)(F)F. The van der Waals surface area contributed by atoms with Gasteiger partial charge in [0, 0.05) is 12.7 Å². The van der Waals surface area contributed by atoms with E-state index in [2.05, 4.69) is 0 Å². The van der Waals surface area contributed by atoms with E-state index < -0.39 is 50.6 Å². The summed E-state index contributed by atoms with van der Waals surface area (Å²) in [5, 5.41) is 10.0. The third kappa shape index (κ3) is 4.28. The maximum atomic E-state index is 13.4. The molecule has 0 aromatic heterocycles. The molecule has 8 heteroatoms. The standard InChI is InChI=1S/C16H18F4O3S/c1-5-8-15(21,16(18,19)20)10-14(2,3)12-7-6-11(17)9-13(12)24(4,22)23/h1,6-7,9,21H,8,10H2,2-4H3. The number of terminal acetylenes is 1. The molecule has 0 aliphatic carbocycles. The van der Waals surface area contributed by atoms with Crippen molar-refractivity contribution in [3.63, 3.8) is 0 Å².